The molecule has 164 valence electrons. The molecule has 2 aromatic rings. The molecule has 0 aromatic carbocycles. The van der Waals surface area contributed by atoms with Crippen LogP contribution in [0.3, 0.4) is 0 Å². The van der Waals surface area contributed by atoms with Crippen molar-refractivity contribution in [2.24, 2.45) is 5.92 Å². The lowest BCUT2D eigenvalue weighted by molar-refractivity contribution is -0.132. The molecule has 0 atom stereocenters. The number of hydrogen-bond donors (Lipinski definition) is 1. The van der Waals surface area contributed by atoms with Crippen LogP contribution >= 0.6 is 0 Å². The molecule has 0 saturated carbocycles. The predicted octanol–water partition coefficient (Wildman–Crippen LogP) is 2.04. The van der Waals surface area contributed by atoms with Gasteiger partial charge in [0.2, 0.25) is 11.8 Å². The van der Waals surface area contributed by atoms with Crippen molar-refractivity contribution in [1.82, 2.24) is 25.1 Å². The normalized spacial score (nSPS) is 18.6. The number of hydrogen-bond acceptors (Lipinski definition) is 5. The van der Waals surface area contributed by atoms with Crippen LogP contribution in [0.15, 0.2) is 48.9 Å². The molecular weight excluding hydrogens is 390 g/mol. The summed E-state index contributed by atoms with van der Waals surface area (Å²) in [5, 5.41) is 3.05. The first-order valence-corrected chi connectivity index (χ1v) is 11.3. The van der Waals surface area contributed by atoms with Crippen LogP contribution in [-0.2, 0) is 22.6 Å². The Morgan fingerprint density at radius 3 is 2.45 bits per heavy atom. The lowest BCUT2D eigenvalue weighted by Crippen LogP contribution is -2.50. The summed E-state index contributed by atoms with van der Waals surface area (Å²) in [5.41, 5.74) is 1.86. The summed E-state index contributed by atoms with van der Waals surface area (Å²) in [5.74, 6) is 0.410. The van der Waals surface area contributed by atoms with Gasteiger partial charge >= 0.3 is 0 Å². The molecule has 7 heteroatoms. The molecule has 0 spiro atoms. The van der Waals surface area contributed by atoms with Gasteiger partial charge in [-0.3, -0.25) is 19.6 Å². The average Bonchev–Trinajstić information content (AvgIpc) is 2.84. The highest BCUT2D eigenvalue weighted by molar-refractivity contribution is 5.79. The molecule has 2 fully saturated rings. The molecule has 2 aliphatic heterocycles. The number of nitrogens with zero attached hydrogens (tertiary/aromatic N) is 4. The lowest BCUT2D eigenvalue weighted by Gasteiger charge is -2.41. The minimum Gasteiger partial charge on any atom is -0.352 e. The maximum absolute atomic E-state index is 12.6. The number of pyridine rings is 2. The van der Waals surface area contributed by atoms with E-state index >= 15 is 0 Å². The number of likely N-dealkylation sites (tertiary alicyclic amines) is 2. The van der Waals surface area contributed by atoms with Crippen molar-refractivity contribution < 1.29 is 9.59 Å². The quantitative estimate of drug-likeness (QED) is 0.772. The molecule has 2 aliphatic rings. The summed E-state index contributed by atoms with van der Waals surface area (Å²) < 4.78 is 0. The van der Waals surface area contributed by atoms with Gasteiger partial charge in [0.1, 0.15) is 0 Å². The van der Waals surface area contributed by atoms with Gasteiger partial charge in [-0.1, -0.05) is 12.1 Å². The molecule has 4 rings (SSSR count). The third-order valence-corrected chi connectivity index (χ3v) is 6.48. The maximum Gasteiger partial charge on any atom is 0.228 e. The molecule has 1 N–H and O–H groups in total. The zero-order valence-electron chi connectivity index (χ0n) is 17.9. The first-order chi connectivity index (χ1) is 15.2. The van der Waals surface area contributed by atoms with Crippen molar-refractivity contribution in [2.75, 3.05) is 26.2 Å². The second-order valence-corrected chi connectivity index (χ2v) is 8.50. The van der Waals surface area contributed by atoms with E-state index in [0.29, 0.717) is 19.0 Å². The molecule has 31 heavy (non-hydrogen) atoms. The summed E-state index contributed by atoms with van der Waals surface area (Å²) >= 11 is 0. The van der Waals surface area contributed by atoms with E-state index in [9.17, 15) is 9.59 Å². The fraction of sp³-hybridized carbons (Fsp3) is 0.500. The SMILES string of the molecule is O=C(NCc1cccnc1)C1CCN(C2CCN(C(=O)Cc3ccccn3)CC2)CC1. The van der Waals surface area contributed by atoms with Crippen LogP contribution in [0.5, 0.6) is 0 Å². The van der Waals surface area contributed by atoms with Crippen LogP contribution < -0.4 is 5.32 Å². The van der Waals surface area contributed by atoms with Crippen molar-refractivity contribution in [3.63, 3.8) is 0 Å². The Kier molecular flexibility index (Phi) is 7.25. The lowest BCUT2D eigenvalue weighted by atomic mass is 9.92. The van der Waals surface area contributed by atoms with Gasteiger partial charge in [0.05, 0.1) is 6.42 Å². The Hall–Kier alpha value is -2.80. The molecule has 7 nitrogen and oxygen atoms in total. The molecule has 4 heterocycles. The third-order valence-electron chi connectivity index (χ3n) is 6.48. The van der Waals surface area contributed by atoms with Gasteiger partial charge in [-0.25, -0.2) is 0 Å². The fourth-order valence-corrected chi connectivity index (χ4v) is 4.61. The predicted molar refractivity (Wildman–Crippen MR) is 118 cm³/mol. The summed E-state index contributed by atoms with van der Waals surface area (Å²) in [6.07, 6.45) is 9.45. The first-order valence-electron chi connectivity index (χ1n) is 11.3. The molecule has 2 aromatic heterocycles. The molecule has 2 amide bonds. The van der Waals surface area contributed by atoms with Crippen molar-refractivity contribution >= 4 is 11.8 Å². The highest BCUT2D eigenvalue weighted by Gasteiger charge is 2.31. The number of rotatable bonds is 6. The van der Waals surface area contributed by atoms with Gasteiger partial charge in [0.15, 0.2) is 0 Å². The topological polar surface area (TPSA) is 78.4 Å². The number of carbonyl (C=O) groups excluding carboxylic acids is 2. The molecule has 0 radical (unpaired) electrons. The Morgan fingerprint density at radius 1 is 0.968 bits per heavy atom. The van der Waals surface area contributed by atoms with E-state index in [0.717, 1.165) is 63.1 Å². The Labute approximate surface area is 183 Å². The van der Waals surface area contributed by atoms with Crippen LogP contribution in [0.1, 0.15) is 36.9 Å². The van der Waals surface area contributed by atoms with E-state index in [1.165, 1.54) is 0 Å². The standard InChI is InChI=1S/C24H31N5O2/c30-23(16-21-5-1-2-11-26-21)29-14-8-22(9-15-29)28-12-6-20(7-13-28)24(31)27-18-19-4-3-10-25-17-19/h1-5,10-11,17,20,22H,6-9,12-16,18H2,(H,27,31). The van der Waals surface area contributed by atoms with Gasteiger partial charge < -0.3 is 15.1 Å². The summed E-state index contributed by atoms with van der Waals surface area (Å²) in [6, 6.07) is 10.1. The Morgan fingerprint density at radius 2 is 1.77 bits per heavy atom. The number of amides is 2. The summed E-state index contributed by atoms with van der Waals surface area (Å²) in [7, 11) is 0. The van der Waals surface area contributed by atoms with Gasteiger partial charge in [0.25, 0.3) is 0 Å². The van der Waals surface area contributed by atoms with Gasteiger partial charge in [-0.2, -0.15) is 0 Å². The zero-order valence-corrected chi connectivity index (χ0v) is 17.9. The largest absolute Gasteiger partial charge is 0.352 e. The fourth-order valence-electron chi connectivity index (χ4n) is 4.61. The summed E-state index contributed by atoms with van der Waals surface area (Å²) in [6.45, 7) is 4.07. The Balaban J connectivity index is 1.17. The molecule has 0 bridgehead atoms. The molecule has 0 unspecified atom stereocenters. The average molecular weight is 422 g/mol. The monoisotopic (exact) mass is 421 g/mol. The number of aromatic nitrogens is 2. The molecule has 2 saturated heterocycles. The highest BCUT2D eigenvalue weighted by atomic mass is 16.2. The first kappa shape index (κ1) is 21.4. The van der Waals surface area contributed by atoms with Gasteiger partial charge in [-0.05, 0) is 62.5 Å². The van der Waals surface area contributed by atoms with Gasteiger partial charge in [-0.15, -0.1) is 0 Å². The van der Waals surface area contributed by atoms with Crippen LogP contribution in [0.2, 0.25) is 0 Å². The second-order valence-electron chi connectivity index (χ2n) is 8.50. The van der Waals surface area contributed by atoms with Crippen LogP contribution in [-0.4, -0.2) is 63.8 Å². The van der Waals surface area contributed by atoms with Crippen molar-refractivity contribution in [2.45, 2.75) is 44.7 Å². The summed E-state index contributed by atoms with van der Waals surface area (Å²) in [4.78, 5) is 37.9. The third kappa shape index (κ3) is 5.88. The zero-order chi connectivity index (χ0) is 21.5. The van der Waals surface area contributed by atoms with Crippen LogP contribution in [0.25, 0.3) is 0 Å². The number of nitrogens with one attached hydrogen (secondary N) is 1. The minimum absolute atomic E-state index is 0.0907. The Bertz CT molecular complexity index is 845. The van der Waals surface area contributed by atoms with Crippen molar-refractivity contribution in [3.8, 4) is 0 Å². The van der Waals surface area contributed by atoms with Crippen molar-refractivity contribution in [3.05, 3.63) is 60.2 Å². The number of piperidine rings is 2. The van der Waals surface area contributed by atoms with Crippen molar-refractivity contribution in [1.29, 1.82) is 0 Å². The van der Waals surface area contributed by atoms with E-state index < -0.39 is 0 Å². The van der Waals surface area contributed by atoms with E-state index in [2.05, 4.69) is 20.2 Å². The van der Waals surface area contributed by atoms with E-state index in [4.69, 9.17) is 0 Å². The van der Waals surface area contributed by atoms with Gasteiger partial charge in [0, 0.05) is 55.9 Å². The molecule has 0 aliphatic carbocycles. The number of carbonyl (C=O) groups is 2. The van der Waals surface area contributed by atoms with E-state index in [1.54, 1.807) is 18.6 Å². The van der Waals surface area contributed by atoms with E-state index in [-0.39, 0.29) is 17.7 Å². The van der Waals surface area contributed by atoms with Crippen LogP contribution in [0.4, 0.5) is 0 Å². The highest BCUT2D eigenvalue weighted by Crippen LogP contribution is 2.24. The van der Waals surface area contributed by atoms with Crippen LogP contribution in [0, 0.1) is 5.92 Å². The molecular formula is C24H31N5O2. The smallest absolute Gasteiger partial charge is 0.228 e. The maximum atomic E-state index is 12.6. The van der Waals surface area contributed by atoms with E-state index in [1.807, 2.05) is 35.2 Å². The minimum atomic E-state index is 0.0907. The second kappa shape index (κ2) is 10.5.